The van der Waals surface area contributed by atoms with Crippen molar-refractivity contribution in [2.45, 2.75) is 65.1 Å². The van der Waals surface area contributed by atoms with Crippen molar-refractivity contribution in [2.24, 2.45) is 0 Å². The zero-order valence-corrected chi connectivity index (χ0v) is 16.0. The number of rotatable bonds is 11. The Kier molecular flexibility index (Phi) is 8.13. The van der Waals surface area contributed by atoms with Crippen LogP contribution in [0.1, 0.15) is 57.4 Å². The number of nitrogen functional groups attached to an aromatic ring is 2. The molecular weight excluding hydrogens is 324 g/mol. The molecule has 0 spiro atoms. The molecule has 26 heavy (non-hydrogen) atoms. The number of unbranched alkanes of at least 4 members (excludes halogenated alkanes) is 5. The number of anilines is 2. The highest BCUT2D eigenvalue weighted by Crippen LogP contribution is 2.23. The molecule has 0 saturated heterocycles. The zero-order chi connectivity index (χ0) is 18.8. The summed E-state index contributed by atoms with van der Waals surface area (Å²) >= 11 is 0. The first-order chi connectivity index (χ1) is 12.6. The zero-order valence-electron chi connectivity index (χ0n) is 16.0. The van der Waals surface area contributed by atoms with Crippen LogP contribution >= 0.6 is 0 Å². The Morgan fingerprint density at radius 2 is 1.42 bits per heavy atom. The summed E-state index contributed by atoms with van der Waals surface area (Å²) in [5, 5.41) is 0. The highest BCUT2D eigenvalue weighted by molar-refractivity contribution is 5.49. The molecule has 0 fully saturated rings. The first-order valence-electron chi connectivity index (χ1n) is 9.63. The van der Waals surface area contributed by atoms with Gasteiger partial charge in [0.2, 0.25) is 6.29 Å². The summed E-state index contributed by atoms with van der Waals surface area (Å²) in [5.41, 5.74) is 14.1. The van der Waals surface area contributed by atoms with E-state index in [1.165, 1.54) is 32.1 Å². The van der Waals surface area contributed by atoms with E-state index in [2.05, 4.69) is 6.92 Å². The van der Waals surface area contributed by atoms with Gasteiger partial charge < -0.3 is 20.9 Å². The minimum Gasteiger partial charge on any atom is -0.455 e. The molecule has 4 N–H and O–H groups in total. The van der Waals surface area contributed by atoms with Crippen LogP contribution in [0.15, 0.2) is 42.5 Å². The minimum atomic E-state index is -0.326. The number of nitrogens with two attached hydrogens (primary N) is 2. The second-order valence-corrected chi connectivity index (χ2v) is 6.81. The molecule has 0 radical (unpaired) electrons. The molecule has 4 nitrogen and oxygen atoms in total. The van der Waals surface area contributed by atoms with Crippen LogP contribution in [0, 0.1) is 6.92 Å². The molecule has 2 rings (SSSR count). The van der Waals surface area contributed by atoms with Gasteiger partial charge in [-0.05, 0) is 61.4 Å². The van der Waals surface area contributed by atoms with Crippen molar-refractivity contribution in [3.05, 3.63) is 48.0 Å². The quantitative estimate of drug-likeness (QED) is 0.308. The summed E-state index contributed by atoms with van der Waals surface area (Å²) in [6.07, 6.45) is 7.95. The van der Waals surface area contributed by atoms with Crippen LogP contribution in [-0.4, -0.2) is 6.29 Å². The van der Waals surface area contributed by atoms with Crippen molar-refractivity contribution < 1.29 is 9.47 Å². The van der Waals surface area contributed by atoms with Crippen LogP contribution in [-0.2, 0) is 0 Å². The van der Waals surface area contributed by atoms with Gasteiger partial charge in [-0.2, -0.15) is 0 Å². The average molecular weight is 357 g/mol. The Hall–Kier alpha value is -2.36. The second kappa shape index (κ2) is 10.6. The molecule has 0 saturated carbocycles. The van der Waals surface area contributed by atoms with Crippen LogP contribution in [0.4, 0.5) is 11.4 Å². The molecular formula is C22H32N2O2. The SMILES string of the molecule is CCCCCCCCC(Oc1ccc(N)cc1)Oc1ccc(N)c(C)c1. The average Bonchev–Trinajstić information content (AvgIpc) is 2.63. The molecule has 1 unspecified atom stereocenters. The van der Waals surface area contributed by atoms with Gasteiger partial charge in [0.15, 0.2) is 0 Å². The minimum absolute atomic E-state index is 0.326. The fourth-order valence-corrected chi connectivity index (χ4v) is 2.80. The maximum absolute atomic E-state index is 6.10. The third-order valence-corrected chi connectivity index (χ3v) is 4.45. The lowest BCUT2D eigenvalue weighted by Gasteiger charge is -2.21. The van der Waals surface area contributed by atoms with Crippen LogP contribution in [0.5, 0.6) is 11.5 Å². The summed E-state index contributed by atoms with van der Waals surface area (Å²) < 4.78 is 12.2. The van der Waals surface area contributed by atoms with Crippen molar-refractivity contribution in [3.8, 4) is 11.5 Å². The molecule has 0 amide bonds. The van der Waals surface area contributed by atoms with E-state index >= 15 is 0 Å². The number of benzene rings is 2. The molecule has 4 heteroatoms. The maximum Gasteiger partial charge on any atom is 0.241 e. The highest BCUT2D eigenvalue weighted by atomic mass is 16.7. The van der Waals surface area contributed by atoms with Gasteiger partial charge in [0, 0.05) is 17.8 Å². The first-order valence-corrected chi connectivity index (χ1v) is 9.63. The smallest absolute Gasteiger partial charge is 0.241 e. The van der Waals surface area contributed by atoms with Gasteiger partial charge in [-0.15, -0.1) is 0 Å². The maximum atomic E-state index is 6.10. The molecule has 0 bridgehead atoms. The summed E-state index contributed by atoms with van der Waals surface area (Å²) in [7, 11) is 0. The van der Waals surface area contributed by atoms with Gasteiger partial charge in [0.25, 0.3) is 0 Å². The van der Waals surface area contributed by atoms with Crippen molar-refractivity contribution in [3.63, 3.8) is 0 Å². The topological polar surface area (TPSA) is 70.5 Å². The molecule has 0 aromatic heterocycles. The van der Waals surface area contributed by atoms with Crippen molar-refractivity contribution in [1.29, 1.82) is 0 Å². The van der Waals surface area contributed by atoms with E-state index in [-0.39, 0.29) is 6.29 Å². The number of hydrogen-bond acceptors (Lipinski definition) is 4. The normalized spacial score (nSPS) is 11.9. The fraction of sp³-hybridized carbons (Fsp3) is 0.455. The lowest BCUT2D eigenvalue weighted by molar-refractivity contribution is -0.00246. The Balaban J connectivity index is 1.95. The summed E-state index contributed by atoms with van der Waals surface area (Å²) in [6.45, 7) is 4.21. The van der Waals surface area contributed by atoms with Crippen LogP contribution in [0.3, 0.4) is 0 Å². The molecule has 1 atom stereocenters. The standard InChI is InChI=1S/C22H32N2O2/c1-3-4-5-6-7-8-9-22(25-19-12-10-18(23)11-13-19)26-20-14-15-21(24)17(2)16-20/h10-16,22H,3-9,23-24H2,1-2H3. The van der Waals surface area contributed by atoms with Crippen LogP contribution < -0.4 is 20.9 Å². The largest absolute Gasteiger partial charge is 0.455 e. The molecule has 142 valence electrons. The number of aryl methyl sites for hydroxylation is 1. The van der Waals surface area contributed by atoms with Gasteiger partial charge in [0.1, 0.15) is 11.5 Å². The molecule has 2 aromatic rings. The highest BCUT2D eigenvalue weighted by Gasteiger charge is 2.13. The molecule has 0 heterocycles. The molecule has 0 aliphatic heterocycles. The second-order valence-electron chi connectivity index (χ2n) is 6.81. The van der Waals surface area contributed by atoms with Gasteiger partial charge in [-0.25, -0.2) is 0 Å². The van der Waals surface area contributed by atoms with E-state index in [1.54, 1.807) is 0 Å². The van der Waals surface area contributed by atoms with E-state index in [9.17, 15) is 0 Å². The number of hydrogen-bond donors (Lipinski definition) is 2. The van der Waals surface area contributed by atoms with Gasteiger partial charge in [0.05, 0.1) is 0 Å². The van der Waals surface area contributed by atoms with Crippen LogP contribution in [0.2, 0.25) is 0 Å². The van der Waals surface area contributed by atoms with E-state index in [1.807, 2.05) is 49.4 Å². The van der Waals surface area contributed by atoms with Crippen molar-refractivity contribution >= 4 is 11.4 Å². The number of ether oxygens (including phenoxy) is 2. The summed E-state index contributed by atoms with van der Waals surface area (Å²) in [4.78, 5) is 0. The third-order valence-electron chi connectivity index (χ3n) is 4.45. The van der Waals surface area contributed by atoms with E-state index in [4.69, 9.17) is 20.9 Å². The van der Waals surface area contributed by atoms with E-state index < -0.39 is 0 Å². The lowest BCUT2D eigenvalue weighted by Crippen LogP contribution is -2.24. The van der Waals surface area contributed by atoms with Crippen LogP contribution in [0.25, 0.3) is 0 Å². The predicted molar refractivity (Wildman–Crippen MR) is 109 cm³/mol. The summed E-state index contributed by atoms with van der Waals surface area (Å²) in [5.74, 6) is 1.55. The van der Waals surface area contributed by atoms with Gasteiger partial charge in [-0.3, -0.25) is 0 Å². The monoisotopic (exact) mass is 356 g/mol. The Labute approximate surface area is 157 Å². The first kappa shape index (κ1) is 20.0. The van der Waals surface area contributed by atoms with E-state index in [0.717, 1.165) is 41.3 Å². The van der Waals surface area contributed by atoms with Gasteiger partial charge >= 0.3 is 0 Å². The molecule has 2 aromatic carbocycles. The van der Waals surface area contributed by atoms with Crippen molar-refractivity contribution in [2.75, 3.05) is 11.5 Å². The predicted octanol–water partition coefficient (Wildman–Crippen LogP) is 5.69. The molecule has 0 aliphatic rings. The Morgan fingerprint density at radius 3 is 2.12 bits per heavy atom. The fourth-order valence-electron chi connectivity index (χ4n) is 2.80. The van der Waals surface area contributed by atoms with E-state index in [0.29, 0.717) is 0 Å². The Morgan fingerprint density at radius 1 is 0.808 bits per heavy atom. The summed E-state index contributed by atoms with van der Waals surface area (Å²) in [6, 6.07) is 13.1. The molecule has 0 aliphatic carbocycles. The Bertz CT molecular complexity index is 656. The third kappa shape index (κ3) is 6.87. The van der Waals surface area contributed by atoms with Crippen molar-refractivity contribution in [1.82, 2.24) is 0 Å². The van der Waals surface area contributed by atoms with Gasteiger partial charge in [-0.1, -0.05) is 39.0 Å². The lowest BCUT2D eigenvalue weighted by atomic mass is 10.1.